The quantitative estimate of drug-likeness (QED) is 0.392. The second-order valence-corrected chi connectivity index (χ2v) is 7.60. The molecule has 0 saturated heterocycles. The number of H-pyrrole nitrogens is 1. The maximum absolute atomic E-state index is 12.7. The van der Waals surface area contributed by atoms with E-state index < -0.39 is 11.5 Å². The van der Waals surface area contributed by atoms with Crippen LogP contribution in [-0.2, 0) is 6.42 Å². The van der Waals surface area contributed by atoms with E-state index in [1.54, 1.807) is 0 Å². The second kappa shape index (κ2) is 8.35. The van der Waals surface area contributed by atoms with E-state index in [0.717, 1.165) is 19.3 Å². The first kappa shape index (κ1) is 20.0. The standard InChI is InChI=1S/C18H20Cl3NO3/c1-9(2)5-3-4-6-10-7-11(19)16(24)14(15(10)23)17(25)13-8-12(20)18(21)22-13/h7-9,22-24H,3-6H2,1-2H3. The number of unbranched alkanes of at least 4 members (excludes halogenated alkanes) is 1. The lowest BCUT2D eigenvalue weighted by atomic mass is 9.97. The molecule has 0 spiro atoms. The van der Waals surface area contributed by atoms with E-state index in [-0.39, 0.29) is 32.2 Å². The number of ketones is 1. The molecule has 0 aliphatic heterocycles. The van der Waals surface area contributed by atoms with Gasteiger partial charge in [-0.2, -0.15) is 0 Å². The normalized spacial score (nSPS) is 11.3. The highest BCUT2D eigenvalue weighted by molar-refractivity contribution is 6.42. The van der Waals surface area contributed by atoms with E-state index >= 15 is 0 Å². The van der Waals surface area contributed by atoms with Gasteiger partial charge in [0, 0.05) is 0 Å². The minimum Gasteiger partial charge on any atom is -0.507 e. The van der Waals surface area contributed by atoms with Crippen molar-refractivity contribution in [1.29, 1.82) is 0 Å². The summed E-state index contributed by atoms with van der Waals surface area (Å²) in [5, 5.41) is 21.0. The SMILES string of the molecule is CC(C)CCCCc1cc(Cl)c(O)c(C(=O)c2cc(Cl)c(Cl)[nH]2)c1O. The van der Waals surface area contributed by atoms with Crippen LogP contribution >= 0.6 is 34.8 Å². The van der Waals surface area contributed by atoms with Gasteiger partial charge in [0.05, 0.1) is 15.7 Å². The predicted octanol–water partition coefficient (Wildman–Crippen LogP) is 5.99. The van der Waals surface area contributed by atoms with Gasteiger partial charge in [0.15, 0.2) is 0 Å². The summed E-state index contributed by atoms with van der Waals surface area (Å²) < 4.78 is 0. The molecule has 2 rings (SSSR count). The number of aromatic hydroxyl groups is 2. The average molecular weight is 405 g/mol. The van der Waals surface area contributed by atoms with Crippen LogP contribution in [0.2, 0.25) is 15.2 Å². The Bertz CT molecular complexity index is 765. The largest absolute Gasteiger partial charge is 0.507 e. The fourth-order valence-electron chi connectivity index (χ4n) is 2.62. The van der Waals surface area contributed by atoms with Gasteiger partial charge in [0.25, 0.3) is 0 Å². The molecule has 0 fully saturated rings. The van der Waals surface area contributed by atoms with Gasteiger partial charge >= 0.3 is 0 Å². The van der Waals surface area contributed by atoms with Gasteiger partial charge in [-0.05, 0) is 36.5 Å². The topological polar surface area (TPSA) is 73.3 Å². The van der Waals surface area contributed by atoms with Crippen molar-refractivity contribution < 1.29 is 15.0 Å². The van der Waals surface area contributed by atoms with E-state index in [1.165, 1.54) is 12.1 Å². The fraction of sp³-hybridized carbons (Fsp3) is 0.389. The maximum atomic E-state index is 12.7. The zero-order chi connectivity index (χ0) is 18.7. The molecule has 0 aliphatic carbocycles. The molecule has 0 unspecified atom stereocenters. The summed E-state index contributed by atoms with van der Waals surface area (Å²) in [6.07, 6.45) is 3.49. The number of phenols is 2. The average Bonchev–Trinajstić information content (AvgIpc) is 2.88. The van der Waals surface area contributed by atoms with E-state index in [0.29, 0.717) is 17.9 Å². The number of halogens is 3. The number of nitrogens with one attached hydrogen (secondary N) is 1. The Hall–Kier alpha value is -1.36. The van der Waals surface area contributed by atoms with Crippen LogP contribution in [0.3, 0.4) is 0 Å². The molecule has 0 radical (unpaired) electrons. The van der Waals surface area contributed by atoms with Gasteiger partial charge in [0.2, 0.25) is 5.78 Å². The third kappa shape index (κ3) is 4.63. The number of rotatable bonds is 7. The molecule has 2 aromatic rings. The van der Waals surface area contributed by atoms with Gasteiger partial charge < -0.3 is 15.2 Å². The van der Waals surface area contributed by atoms with Gasteiger partial charge in [-0.3, -0.25) is 4.79 Å². The molecule has 0 bridgehead atoms. The summed E-state index contributed by atoms with van der Waals surface area (Å²) in [4.78, 5) is 15.3. The first-order valence-corrected chi connectivity index (χ1v) is 9.17. The summed E-state index contributed by atoms with van der Waals surface area (Å²) in [5.41, 5.74) is 0.341. The predicted molar refractivity (Wildman–Crippen MR) is 101 cm³/mol. The zero-order valence-electron chi connectivity index (χ0n) is 14.0. The lowest BCUT2D eigenvalue weighted by Gasteiger charge is -2.13. The number of carbonyl (C=O) groups excluding carboxylic acids is 1. The Morgan fingerprint density at radius 1 is 1.08 bits per heavy atom. The van der Waals surface area contributed by atoms with Crippen LogP contribution in [0.5, 0.6) is 11.5 Å². The van der Waals surface area contributed by atoms with Crippen LogP contribution in [0.25, 0.3) is 0 Å². The molecule has 136 valence electrons. The number of aromatic amines is 1. The van der Waals surface area contributed by atoms with Crippen molar-refractivity contribution in [2.75, 3.05) is 0 Å². The molecule has 25 heavy (non-hydrogen) atoms. The molecule has 0 atom stereocenters. The lowest BCUT2D eigenvalue weighted by molar-refractivity contribution is 0.102. The third-order valence-electron chi connectivity index (χ3n) is 3.98. The van der Waals surface area contributed by atoms with Crippen LogP contribution in [0.15, 0.2) is 12.1 Å². The number of aromatic nitrogens is 1. The van der Waals surface area contributed by atoms with Gasteiger partial charge in [-0.1, -0.05) is 61.5 Å². The van der Waals surface area contributed by atoms with Crippen LogP contribution < -0.4 is 0 Å². The number of phenolic OH excluding ortho intramolecular Hbond substituents is 2. The Morgan fingerprint density at radius 3 is 2.32 bits per heavy atom. The fourth-order valence-corrected chi connectivity index (χ4v) is 3.16. The van der Waals surface area contributed by atoms with Crippen LogP contribution in [0.1, 0.15) is 54.7 Å². The maximum Gasteiger partial charge on any atom is 0.216 e. The van der Waals surface area contributed by atoms with E-state index in [1.807, 2.05) is 0 Å². The molecular weight excluding hydrogens is 385 g/mol. The molecule has 7 heteroatoms. The molecule has 0 amide bonds. The summed E-state index contributed by atoms with van der Waals surface area (Å²) in [6, 6.07) is 2.83. The van der Waals surface area contributed by atoms with Crippen molar-refractivity contribution in [3.05, 3.63) is 44.2 Å². The van der Waals surface area contributed by atoms with Gasteiger partial charge in [0.1, 0.15) is 22.2 Å². The van der Waals surface area contributed by atoms with Crippen molar-refractivity contribution in [2.24, 2.45) is 5.92 Å². The number of hydrogen-bond acceptors (Lipinski definition) is 3. The van der Waals surface area contributed by atoms with E-state index in [2.05, 4.69) is 18.8 Å². The molecule has 0 saturated carbocycles. The van der Waals surface area contributed by atoms with E-state index in [4.69, 9.17) is 34.8 Å². The molecule has 1 aromatic carbocycles. The number of aryl methyl sites for hydroxylation is 1. The monoisotopic (exact) mass is 403 g/mol. The first-order valence-electron chi connectivity index (χ1n) is 8.04. The molecular formula is C18H20Cl3NO3. The number of carbonyl (C=O) groups is 1. The lowest BCUT2D eigenvalue weighted by Crippen LogP contribution is -2.05. The van der Waals surface area contributed by atoms with Crippen molar-refractivity contribution in [3.8, 4) is 11.5 Å². The Morgan fingerprint density at radius 2 is 1.76 bits per heavy atom. The van der Waals surface area contributed by atoms with Gasteiger partial charge in [-0.15, -0.1) is 0 Å². The first-order chi connectivity index (χ1) is 11.7. The minimum atomic E-state index is -0.630. The highest BCUT2D eigenvalue weighted by Gasteiger charge is 2.25. The Kier molecular flexibility index (Phi) is 6.66. The Labute approximate surface area is 161 Å². The molecule has 3 N–H and O–H groups in total. The summed E-state index contributed by atoms with van der Waals surface area (Å²) >= 11 is 17.7. The number of hydrogen-bond donors (Lipinski definition) is 3. The Balaban J connectivity index is 2.32. The number of benzene rings is 1. The van der Waals surface area contributed by atoms with Crippen molar-refractivity contribution in [3.63, 3.8) is 0 Å². The second-order valence-electron chi connectivity index (χ2n) is 6.40. The highest BCUT2D eigenvalue weighted by atomic mass is 35.5. The van der Waals surface area contributed by atoms with Crippen molar-refractivity contribution in [2.45, 2.75) is 39.5 Å². The van der Waals surface area contributed by atoms with Gasteiger partial charge in [-0.25, -0.2) is 0 Å². The van der Waals surface area contributed by atoms with Crippen molar-refractivity contribution >= 4 is 40.6 Å². The van der Waals surface area contributed by atoms with Crippen LogP contribution in [0, 0.1) is 5.92 Å². The molecule has 1 heterocycles. The highest BCUT2D eigenvalue weighted by Crippen LogP contribution is 2.39. The molecule has 1 aromatic heterocycles. The smallest absolute Gasteiger partial charge is 0.216 e. The van der Waals surface area contributed by atoms with Crippen molar-refractivity contribution in [1.82, 2.24) is 4.98 Å². The third-order valence-corrected chi connectivity index (χ3v) is 4.96. The molecule has 0 aliphatic rings. The summed E-state index contributed by atoms with van der Waals surface area (Å²) in [5.74, 6) is -0.749. The molecule has 4 nitrogen and oxygen atoms in total. The van der Waals surface area contributed by atoms with Crippen LogP contribution in [0.4, 0.5) is 0 Å². The summed E-state index contributed by atoms with van der Waals surface area (Å²) in [7, 11) is 0. The zero-order valence-corrected chi connectivity index (χ0v) is 16.3. The minimum absolute atomic E-state index is 0.0174. The van der Waals surface area contributed by atoms with E-state index in [9.17, 15) is 15.0 Å². The van der Waals surface area contributed by atoms with Crippen LogP contribution in [-0.4, -0.2) is 21.0 Å². The summed E-state index contributed by atoms with van der Waals surface area (Å²) in [6.45, 7) is 4.30.